The van der Waals surface area contributed by atoms with E-state index in [1.807, 2.05) is 0 Å². The molecule has 2 rings (SSSR count). The monoisotopic (exact) mass is 645 g/mol. The highest BCUT2D eigenvalue weighted by molar-refractivity contribution is 5.21. The van der Waals surface area contributed by atoms with Crippen LogP contribution in [0.25, 0.3) is 0 Å². The van der Waals surface area contributed by atoms with Crippen LogP contribution in [-0.2, 0) is 13.1 Å². The van der Waals surface area contributed by atoms with E-state index in [-0.39, 0.29) is 0 Å². The highest BCUT2D eigenvalue weighted by Gasteiger charge is 2.37. The van der Waals surface area contributed by atoms with Gasteiger partial charge in [-0.25, -0.2) is 0 Å². The maximum atomic E-state index is 9.80. The van der Waals surface area contributed by atoms with E-state index in [1.54, 1.807) is 0 Å². The fourth-order valence-corrected chi connectivity index (χ4v) is 8.05. The van der Waals surface area contributed by atoms with Crippen LogP contribution in [0.1, 0.15) is 159 Å². The fraction of sp³-hybridized carbons (Fsp3) is 0.857. The molecule has 46 heavy (non-hydrogen) atoms. The van der Waals surface area contributed by atoms with Crippen molar-refractivity contribution in [1.82, 2.24) is 0 Å². The number of quaternary nitrogens is 3. The number of hydrogen-bond donors (Lipinski definition) is 1. The molecule has 1 aromatic rings. The van der Waals surface area contributed by atoms with Gasteiger partial charge in [0.1, 0.15) is 19.1 Å². The molecule has 0 aliphatic carbocycles. The molecular weight excluding hydrogens is 562 g/mol. The third-order valence-corrected chi connectivity index (χ3v) is 11.4. The van der Waals surface area contributed by atoms with Gasteiger partial charge in [-0.05, 0) is 38.5 Å². The predicted molar refractivity (Wildman–Crippen MR) is 202 cm³/mol. The molecule has 1 heterocycles. The molecule has 1 saturated heterocycles. The summed E-state index contributed by atoms with van der Waals surface area (Å²) in [6.07, 6.45) is 31.0. The van der Waals surface area contributed by atoms with E-state index in [0.29, 0.717) is 12.6 Å². The van der Waals surface area contributed by atoms with Gasteiger partial charge in [-0.3, -0.25) is 0 Å². The number of unbranched alkanes of at least 4 members (excludes halogenated alkanes) is 18. The van der Waals surface area contributed by atoms with Crippen molar-refractivity contribution in [3.8, 4) is 0 Å². The summed E-state index contributed by atoms with van der Waals surface area (Å²) in [4.78, 5) is 0. The molecule has 0 amide bonds. The second-order valence-corrected chi connectivity index (χ2v) is 17.1. The molecule has 0 radical (unpaired) electrons. The summed E-state index contributed by atoms with van der Waals surface area (Å²) in [5, 5.41) is 9.80. The van der Waals surface area contributed by atoms with Gasteiger partial charge in [-0.2, -0.15) is 0 Å². The molecule has 0 bridgehead atoms. The Kier molecular flexibility index (Phi) is 21.0. The van der Waals surface area contributed by atoms with E-state index in [9.17, 15) is 5.11 Å². The molecule has 2 atom stereocenters. The topological polar surface area (TPSA) is 20.2 Å². The highest BCUT2D eigenvalue weighted by Crippen LogP contribution is 2.28. The van der Waals surface area contributed by atoms with Crippen LogP contribution >= 0.6 is 0 Å². The molecule has 0 spiro atoms. The highest BCUT2D eigenvalue weighted by atomic mass is 16.3. The van der Waals surface area contributed by atoms with Gasteiger partial charge in [-0.15, -0.1) is 0 Å². The molecule has 1 aromatic carbocycles. The van der Waals surface area contributed by atoms with Gasteiger partial charge in [0.15, 0.2) is 0 Å². The van der Waals surface area contributed by atoms with E-state index in [0.717, 1.165) is 28.5 Å². The third-order valence-electron chi connectivity index (χ3n) is 11.4. The summed E-state index contributed by atoms with van der Waals surface area (Å²) >= 11 is 0. The lowest BCUT2D eigenvalue weighted by Crippen LogP contribution is -2.48. The molecule has 0 aromatic heterocycles. The molecule has 1 fully saturated rings. The van der Waals surface area contributed by atoms with Gasteiger partial charge in [0.2, 0.25) is 0 Å². The Morgan fingerprint density at radius 3 is 1.41 bits per heavy atom. The minimum Gasteiger partial charge on any atom is -0.390 e. The molecule has 268 valence electrons. The maximum absolute atomic E-state index is 9.80. The van der Waals surface area contributed by atoms with Gasteiger partial charge in [-0.1, -0.05) is 121 Å². The van der Waals surface area contributed by atoms with E-state index >= 15 is 0 Å². The molecular formula is C42H82N3O+3. The van der Waals surface area contributed by atoms with Crippen LogP contribution in [0.2, 0.25) is 0 Å². The van der Waals surface area contributed by atoms with Crippen LogP contribution in [0.3, 0.4) is 0 Å². The van der Waals surface area contributed by atoms with Crippen LogP contribution in [0.15, 0.2) is 24.3 Å². The van der Waals surface area contributed by atoms with E-state index < -0.39 is 0 Å². The predicted octanol–water partition coefficient (Wildman–Crippen LogP) is 10.3. The zero-order chi connectivity index (χ0) is 33.6. The number of nitrogens with zero attached hydrogens (tertiary/aromatic N) is 3. The SMILES string of the molecule is CCCCCCCCCCCCCCCCCC[N+](C)(C)CCCCCC[N+](C)(C)Cc1ccc(C[N+]2(C)CCCC2CO)cc1. The van der Waals surface area contributed by atoms with Crippen LogP contribution < -0.4 is 0 Å². The Bertz CT molecular complexity index is 866. The molecule has 4 heteroatoms. The van der Waals surface area contributed by atoms with Crippen molar-refractivity contribution in [1.29, 1.82) is 0 Å². The molecule has 2 unspecified atom stereocenters. The van der Waals surface area contributed by atoms with Gasteiger partial charge < -0.3 is 18.6 Å². The minimum atomic E-state index is 0.316. The van der Waals surface area contributed by atoms with Crippen molar-refractivity contribution in [3.63, 3.8) is 0 Å². The number of aliphatic hydroxyl groups excluding tert-OH is 1. The first-order chi connectivity index (χ1) is 22.1. The minimum absolute atomic E-state index is 0.316. The fourth-order valence-electron chi connectivity index (χ4n) is 8.05. The molecule has 1 aliphatic rings. The van der Waals surface area contributed by atoms with Gasteiger partial charge >= 0.3 is 0 Å². The average Bonchev–Trinajstić information content (AvgIpc) is 3.39. The lowest BCUT2D eigenvalue weighted by Gasteiger charge is -2.35. The summed E-state index contributed by atoms with van der Waals surface area (Å²) in [7, 11) is 12.0. The van der Waals surface area contributed by atoms with Crippen molar-refractivity contribution >= 4 is 0 Å². The zero-order valence-corrected chi connectivity index (χ0v) is 32.2. The number of rotatable bonds is 29. The van der Waals surface area contributed by atoms with Crippen LogP contribution in [-0.4, -0.2) is 92.6 Å². The van der Waals surface area contributed by atoms with Crippen molar-refractivity contribution in [2.75, 3.05) is 68.0 Å². The number of likely N-dealkylation sites (N-methyl/N-ethyl adjacent to an activating group) is 1. The Balaban J connectivity index is 1.43. The van der Waals surface area contributed by atoms with E-state index in [4.69, 9.17) is 0 Å². The largest absolute Gasteiger partial charge is 0.390 e. The first-order valence-corrected chi connectivity index (χ1v) is 20.3. The Morgan fingerprint density at radius 1 is 0.587 bits per heavy atom. The van der Waals surface area contributed by atoms with E-state index in [1.165, 1.54) is 177 Å². The van der Waals surface area contributed by atoms with Gasteiger partial charge in [0, 0.05) is 24.0 Å². The van der Waals surface area contributed by atoms with Crippen LogP contribution in [0.4, 0.5) is 0 Å². The maximum Gasteiger partial charge on any atom is 0.113 e. The van der Waals surface area contributed by atoms with Gasteiger partial charge in [0.05, 0.1) is 68.0 Å². The number of aliphatic hydroxyl groups is 1. The molecule has 0 saturated carbocycles. The Labute approximate surface area is 288 Å². The lowest BCUT2D eigenvalue weighted by atomic mass is 10.0. The van der Waals surface area contributed by atoms with Crippen molar-refractivity contribution in [3.05, 3.63) is 35.4 Å². The van der Waals surface area contributed by atoms with Crippen molar-refractivity contribution < 1.29 is 18.6 Å². The third kappa shape index (κ3) is 18.6. The number of likely N-dealkylation sites (tertiary alicyclic amines) is 1. The standard InChI is InChI=1S/C42H82N3O/c1-7-8-9-10-11-12-13-14-15-16-17-18-19-20-21-24-33-43(2,3)34-25-22-23-26-35-44(4,5)37-40-29-31-41(32-30-40)38-45(6)36-27-28-42(45)39-46/h29-32,42,46H,7-28,33-39H2,1-6H3/q+3. The average molecular weight is 645 g/mol. The quantitative estimate of drug-likeness (QED) is 0.0680. The summed E-state index contributed by atoms with van der Waals surface area (Å²) in [5.74, 6) is 0. The smallest absolute Gasteiger partial charge is 0.113 e. The molecule has 4 nitrogen and oxygen atoms in total. The first-order valence-electron chi connectivity index (χ1n) is 20.3. The molecule has 1 aliphatic heterocycles. The van der Waals surface area contributed by atoms with Crippen LogP contribution in [0.5, 0.6) is 0 Å². The van der Waals surface area contributed by atoms with Crippen molar-refractivity contribution in [2.45, 2.75) is 167 Å². The first kappa shape index (κ1) is 41.2. The lowest BCUT2D eigenvalue weighted by molar-refractivity contribution is -0.934. The zero-order valence-electron chi connectivity index (χ0n) is 32.2. The Hall–Kier alpha value is -0.940. The summed E-state index contributed by atoms with van der Waals surface area (Å²) in [6.45, 7) is 9.89. The van der Waals surface area contributed by atoms with Crippen LogP contribution in [0, 0.1) is 0 Å². The second kappa shape index (κ2) is 23.4. The van der Waals surface area contributed by atoms with E-state index in [2.05, 4.69) is 66.4 Å². The number of benzene rings is 1. The van der Waals surface area contributed by atoms with Gasteiger partial charge in [0.25, 0.3) is 0 Å². The Morgan fingerprint density at radius 2 is 0.978 bits per heavy atom. The normalized spacial score (nSPS) is 18.9. The summed E-state index contributed by atoms with van der Waals surface area (Å²) in [6, 6.07) is 9.79. The summed E-state index contributed by atoms with van der Waals surface area (Å²) < 4.78 is 3.27. The second-order valence-electron chi connectivity index (χ2n) is 17.1. The van der Waals surface area contributed by atoms with Crippen molar-refractivity contribution in [2.24, 2.45) is 0 Å². The molecule has 1 N–H and O–H groups in total. The summed E-state index contributed by atoms with van der Waals surface area (Å²) in [5.41, 5.74) is 2.86. The number of hydrogen-bond acceptors (Lipinski definition) is 1.